The second-order valence-corrected chi connectivity index (χ2v) is 10.7. The molecule has 0 saturated carbocycles. The van der Waals surface area contributed by atoms with Gasteiger partial charge in [-0.25, -0.2) is 16.8 Å². The Morgan fingerprint density at radius 1 is 0.963 bits per heavy atom. The predicted octanol–water partition coefficient (Wildman–Crippen LogP) is 1.67. The molecule has 0 radical (unpaired) electrons. The van der Waals surface area contributed by atoms with Gasteiger partial charge in [0.25, 0.3) is 10.0 Å². The Balaban J connectivity index is 1.71. The van der Waals surface area contributed by atoms with Crippen molar-refractivity contribution in [2.75, 3.05) is 21.5 Å². The van der Waals surface area contributed by atoms with Gasteiger partial charge in [0.1, 0.15) is 0 Å². The first-order chi connectivity index (χ1) is 12.6. The smallest absolute Gasteiger partial charge is 0.261 e. The molecule has 1 aliphatic heterocycles. The molecular formula is C18H22N2O5S2. The monoisotopic (exact) mass is 410 g/mol. The summed E-state index contributed by atoms with van der Waals surface area (Å²) < 4.78 is 50.7. The minimum Gasteiger partial charge on any atom is -0.390 e. The molecule has 3 N–H and O–H groups in total. The number of aliphatic hydroxyl groups excluding tert-OH is 1. The lowest BCUT2D eigenvalue weighted by Gasteiger charge is -2.17. The van der Waals surface area contributed by atoms with Crippen molar-refractivity contribution in [2.24, 2.45) is 0 Å². The molecule has 0 aromatic heterocycles. The van der Waals surface area contributed by atoms with E-state index in [4.69, 9.17) is 0 Å². The van der Waals surface area contributed by atoms with Gasteiger partial charge in [0.15, 0.2) is 9.84 Å². The molecule has 0 amide bonds. The van der Waals surface area contributed by atoms with Crippen LogP contribution in [0.2, 0.25) is 0 Å². The van der Waals surface area contributed by atoms with Crippen molar-refractivity contribution in [1.82, 2.24) is 0 Å². The Labute approximate surface area is 159 Å². The van der Waals surface area contributed by atoms with Crippen LogP contribution in [0.3, 0.4) is 0 Å². The Hall–Kier alpha value is -2.10. The van der Waals surface area contributed by atoms with Gasteiger partial charge in [0.2, 0.25) is 0 Å². The molecule has 0 spiro atoms. The van der Waals surface area contributed by atoms with Crippen LogP contribution in [0, 0.1) is 13.8 Å². The number of hydrogen-bond donors (Lipinski definition) is 3. The van der Waals surface area contributed by atoms with E-state index in [9.17, 15) is 21.9 Å². The number of hydrogen-bond acceptors (Lipinski definition) is 6. The Morgan fingerprint density at radius 3 is 2.15 bits per heavy atom. The van der Waals surface area contributed by atoms with Gasteiger partial charge in [-0.1, -0.05) is 6.07 Å². The van der Waals surface area contributed by atoms with Crippen molar-refractivity contribution in [1.29, 1.82) is 0 Å². The topological polar surface area (TPSA) is 113 Å². The van der Waals surface area contributed by atoms with E-state index < -0.39 is 32.0 Å². The second-order valence-electron chi connectivity index (χ2n) is 6.82. The molecule has 0 unspecified atom stereocenters. The standard InChI is InChI=1S/C18H22N2O5S2/c1-12-3-8-16(9-13(12)2)27(24,25)20-15-6-4-14(5-7-15)19-17-10-26(22,23)11-18(17)21/h3-9,17-21H,10-11H2,1-2H3/t17-,18-/m0/s1. The fourth-order valence-electron chi connectivity index (χ4n) is 2.91. The van der Waals surface area contributed by atoms with Crippen LogP contribution in [0.4, 0.5) is 11.4 Å². The third-order valence-corrected chi connectivity index (χ3v) is 7.70. The molecule has 0 aliphatic carbocycles. The van der Waals surface area contributed by atoms with Crippen molar-refractivity contribution < 1.29 is 21.9 Å². The first-order valence-corrected chi connectivity index (χ1v) is 11.7. The largest absolute Gasteiger partial charge is 0.390 e. The lowest BCUT2D eigenvalue weighted by Crippen LogP contribution is -2.31. The average Bonchev–Trinajstić information content (AvgIpc) is 2.83. The summed E-state index contributed by atoms with van der Waals surface area (Å²) in [7, 11) is -6.94. The van der Waals surface area contributed by atoms with Gasteiger partial charge in [-0.2, -0.15) is 0 Å². The van der Waals surface area contributed by atoms with Gasteiger partial charge in [-0.3, -0.25) is 4.72 Å². The normalized spacial score (nSPS) is 21.7. The summed E-state index contributed by atoms with van der Waals surface area (Å²) in [5.74, 6) is -0.381. The van der Waals surface area contributed by atoms with Crippen molar-refractivity contribution in [2.45, 2.75) is 30.9 Å². The van der Waals surface area contributed by atoms with Crippen LogP contribution in [0.1, 0.15) is 11.1 Å². The highest BCUT2D eigenvalue weighted by Gasteiger charge is 2.36. The summed E-state index contributed by atoms with van der Waals surface area (Å²) in [5.41, 5.74) is 2.90. The summed E-state index contributed by atoms with van der Waals surface area (Å²) in [4.78, 5) is 0.187. The number of sulfonamides is 1. The van der Waals surface area contributed by atoms with E-state index >= 15 is 0 Å². The van der Waals surface area contributed by atoms with Gasteiger partial charge in [0.05, 0.1) is 28.5 Å². The van der Waals surface area contributed by atoms with Gasteiger partial charge in [0, 0.05) is 11.4 Å². The fraction of sp³-hybridized carbons (Fsp3) is 0.333. The maximum atomic E-state index is 12.5. The molecule has 2 aromatic carbocycles. The first kappa shape index (κ1) is 19.7. The molecule has 1 heterocycles. The van der Waals surface area contributed by atoms with Crippen LogP contribution < -0.4 is 10.0 Å². The summed E-state index contributed by atoms with van der Waals surface area (Å²) in [6.07, 6.45) is -0.960. The highest BCUT2D eigenvalue weighted by molar-refractivity contribution is 7.92. The SMILES string of the molecule is Cc1ccc(S(=O)(=O)Nc2ccc(N[C@H]3CS(=O)(=O)C[C@@H]3O)cc2)cc1C. The minimum atomic E-state index is -3.70. The van der Waals surface area contributed by atoms with E-state index in [1.807, 2.05) is 13.8 Å². The zero-order valence-corrected chi connectivity index (χ0v) is 16.6. The lowest BCUT2D eigenvalue weighted by atomic mass is 10.1. The number of rotatable bonds is 5. The van der Waals surface area contributed by atoms with Gasteiger partial charge in [-0.15, -0.1) is 0 Å². The quantitative estimate of drug-likeness (QED) is 0.691. The molecule has 0 bridgehead atoms. The Kier molecular flexibility index (Phi) is 5.20. The van der Waals surface area contributed by atoms with Crippen LogP contribution in [-0.4, -0.2) is 45.6 Å². The molecule has 7 nitrogen and oxygen atoms in total. The lowest BCUT2D eigenvalue weighted by molar-refractivity contribution is 0.190. The van der Waals surface area contributed by atoms with Crippen LogP contribution in [-0.2, 0) is 19.9 Å². The highest BCUT2D eigenvalue weighted by Crippen LogP contribution is 2.22. The fourth-order valence-corrected chi connectivity index (χ4v) is 5.80. The third-order valence-electron chi connectivity index (χ3n) is 4.60. The number of benzene rings is 2. The zero-order valence-electron chi connectivity index (χ0n) is 15.0. The molecule has 1 aliphatic rings. The average molecular weight is 411 g/mol. The van der Waals surface area contributed by atoms with Crippen molar-refractivity contribution in [3.8, 4) is 0 Å². The summed E-state index contributed by atoms with van der Waals surface area (Å²) >= 11 is 0. The Bertz CT molecular complexity index is 1050. The van der Waals surface area contributed by atoms with E-state index in [1.54, 1.807) is 42.5 Å². The van der Waals surface area contributed by atoms with Crippen LogP contribution in [0.25, 0.3) is 0 Å². The highest BCUT2D eigenvalue weighted by atomic mass is 32.2. The number of aryl methyl sites for hydroxylation is 2. The number of sulfone groups is 1. The summed E-state index contributed by atoms with van der Waals surface area (Å²) in [6.45, 7) is 3.77. The van der Waals surface area contributed by atoms with Crippen LogP contribution in [0.15, 0.2) is 47.4 Å². The molecule has 2 atom stereocenters. The molecule has 146 valence electrons. The molecule has 3 rings (SSSR count). The van der Waals surface area contributed by atoms with Gasteiger partial charge < -0.3 is 10.4 Å². The van der Waals surface area contributed by atoms with Crippen molar-refractivity contribution in [3.05, 3.63) is 53.6 Å². The summed E-state index contributed by atoms with van der Waals surface area (Å²) in [5, 5.41) is 12.8. The third kappa shape index (κ3) is 4.60. The van der Waals surface area contributed by atoms with Crippen LogP contribution in [0.5, 0.6) is 0 Å². The van der Waals surface area contributed by atoms with E-state index in [2.05, 4.69) is 10.0 Å². The van der Waals surface area contributed by atoms with Gasteiger partial charge in [-0.05, 0) is 61.4 Å². The van der Waals surface area contributed by atoms with E-state index in [0.717, 1.165) is 11.1 Å². The molecule has 2 aromatic rings. The zero-order chi connectivity index (χ0) is 19.8. The predicted molar refractivity (Wildman–Crippen MR) is 105 cm³/mol. The maximum Gasteiger partial charge on any atom is 0.261 e. The molecule has 1 fully saturated rings. The van der Waals surface area contributed by atoms with Crippen molar-refractivity contribution in [3.63, 3.8) is 0 Å². The molecule has 1 saturated heterocycles. The summed E-state index contributed by atoms with van der Waals surface area (Å²) in [6, 6.07) is 10.8. The van der Waals surface area contributed by atoms with Crippen LogP contribution >= 0.6 is 0 Å². The minimum absolute atomic E-state index is 0.130. The van der Waals surface area contributed by atoms with Crippen molar-refractivity contribution >= 4 is 31.2 Å². The number of aliphatic hydroxyl groups is 1. The molecular weight excluding hydrogens is 388 g/mol. The Morgan fingerprint density at radius 2 is 1.59 bits per heavy atom. The maximum absolute atomic E-state index is 12.5. The first-order valence-electron chi connectivity index (χ1n) is 8.41. The number of anilines is 2. The van der Waals surface area contributed by atoms with E-state index in [0.29, 0.717) is 11.4 Å². The van der Waals surface area contributed by atoms with Gasteiger partial charge >= 0.3 is 0 Å². The number of nitrogens with one attached hydrogen (secondary N) is 2. The second kappa shape index (κ2) is 7.14. The molecule has 9 heteroatoms. The van der Waals surface area contributed by atoms with E-state index in [1.165, 1.54) is 0 Å². The van der Waals surface area contributed by atoms with E-state index in [-0.39, 0.29) is 16.4 Å². The molecule has 27 heavy (non-hydrogen) atoms.